The molecule has 0 saturated carbocycles. The first kappa shape index (κ1) is 13.6. The minimum absolute atomic E-state index is 0.164. The fourth-order valence-corrected chi connectivity index (χ4v) is 1.93. The van der Waals surface area contributed by atoms with E-state index in [1.54, 1.807) is 30.3 Å². The molecule has 0 unspecified atom stereocenters. The van der Waals surface area contributed by atoms with Gasteiger partial charge in [-0.1, -0.05) is 30.3 Å². The lowest BCUT2D eigenvalue weighted by molar-refractivity contribution is 0.103. The van der Waals surface area contributed by atoms with Gasteiger partial charge in [0, 0.05) is 11.1 Å². The van der Waals surface area contributed by atoms with Gasteiger partial charge >= 0.3 is 0 Å². The Morgan fingerprint density at radius 2 is 1.75 bits per heavy atom. The average Bonchev–Trinajstić information content (AvgIpc) is 2.53. The molecule has 2 aromatic rings. The summed E-state index contributed by atoms with van der Waals surface area (Å²) >= 11 is 0. The lowest BCUT2D eigenvalue weighted by Crippen LogP contribution is -2.04. The number of hydrogen-bond donors (Lipinski definition) is 0. The Bertz CT molecular complexity index is 672. The monoisotopic (exact) mass is 267 g/mol. The molecule has 0 heterocycles. The second-order valence-electron chi connectivity index (χ2n) is 4.07. The van der Waals surface area contributed by atoms with E-state index in [4.69, 9.17) is 14.7 Å². The maximum Gasteiger partial charge on any atom is 0.193 e. The summed E-state index contributed by atoms with van der Waals surface area (Å²) in [6.07, 6.45) is 0. The van der Waals surface area contributed by atoms with Crippen LogP contribution in [0.3, 0.4) is 0 Å². The van der Waals surface area contributed by atoms with E-state index in [-0.39, 0.29) is 11.3 Å². The summed E-state index contributed by atoms with van der Waals surface area (Å²) in [6, 6.07) is 14.0. The van der Waals surface area contributed by atoms with E-state index in [0.29, 0.717) is 22.6 Å². The van der Waals surface area contributed by atoms with Crippen LogP contribution in [0.5, 0.6) is 11.5 Å². The van der Waals surface area contributed by atoms with Gasteiger partial charge in [-0.25, -0.2) is 0 Å². The predicted molar refractivity (Wildman–Crippen MR) is 74.1 cm³/mol. The summed E-state index contributed by atoms with van der Waals surface area (Å²) < 4.78 is 10.3. The van der Waals surface area contributed by atoms with Gasteiger partial charge in [0.25, 0.3) is 0 Å². The molecule has 0 aliphatic heterocycles. The summed E-state index contributed by atoms with van der Waals surface area (Å²) in [7, 11) is 2.92. The number of methoxy groups -OCH3 is 2. The summed E-state index contributed by atoms with van der Waals surface area (Å²) in [5.74, 6) is 0.536. The Kier molecular flexibility index (Phi) is 4.02. The van der Waals surface area contributed by atoms with Crippen LogP contribution < -0.4 is 9.47 Å². The number of hydrogen-bond acceptors (Lipinski definition) is 4. The molecular formula is C16H13NO3. The van der Waals surface area contributed by atoms with Gasteiger partial charge in [0.1, 0.15) is 6.07 Å². The fraction of sp³-hybridized carbons (Fsp3) is 0.125. The normalized spacial score (nSPS) is 9.65. The van der Waals surface area contributed by atoms with E-state index in [0.717, 1.165) is 0 Å². The Labute approximate surface area is 117 Å². The molecule has 0 radical (unpaired) electrons. The topological polar surface area (TPSA) is 59.3 Å². The van der Waals surface area contributed by atoms with Gasteiger partial charge in [-0.05, 0) is 12.1 Å². The van der Waals surface area contributed by atoms with Crippen molar-refractivity contribution in [2.45, 2.75) is 0 Å². The number of nitriles is 1. The molecule has 2 rings (SSSR count). The standard InChI is InChI=1S/C16H13NO3/c1-19-14-9-12(8-13(10-17)16(14)20-2)15(18)11-6-4-3-5-7-11/h3-9H,1-2H3. The second kappa shape index (κ2) is 5.89. The molecule has 20 heavy (non-hydrogen) atoms. The highest BCUT2D eigenvalue weighted by Gasteiger charge is 2.17. The summed E-state index contributed by atoms with van der Waals surface area (Å²) in [4.78, 5) is 12.4. The molecule has 4 heteroatoms. The lowest BCUT2D eigenvalue weighted by atomic mass is 10.0. The van der Waals surface area contributed by atoms with Crippen molar-refractivity contribution >= 4 is 5.78 Å². The molecule has 0 bridgehead atoms. The smallest absolute Gasteiger partial charge is 0.193 e. The minimum atomic E-state index is -0.164. The molecule has 0 aromatic heterocycles. The first-order valence-electron chi connectivity index (χ1n) is 5.97. The van der Waals surface area contributed by atoms with Crippen molar-refractivity contribution in [1.29, 1.82) is 5.26 Å². The van der Waals surface area contributed by atoms with Gasteiger partial charge in [-0.15, -0.1) is 0 Å². The third-order valence-corrected chi connectivity index (χ3v) is 2.90. The summed E-state index contributed by atoms with van der Waals surface area (Å²) in [5.41, 5.74) is 1.22. The number of ketones is 1. The minimum Gasteiger partial charge on any atom is -0.493 e. The van der Waals surface area contributed by atoms with E-state index in [1.807, 2.05) is 12.1 Å². The Hall–Kier alpha value is -2.80. The van der Waals surface area contributed by atoms with Crippen LogP contribution in [0.1, 0.15) is 21.5 Å². The van der Waals surface area contributed by atoms with E-state index in [1.165, 1.54) is 20.3 Å². The number of nitrogens with zero attached hydrogens (tertiary/aromatic N) is 1. The number of benzene rings is 2. The third kappa shape index (κ3) is 2.47. The second-order valence-corrected chi connectivity index (χ2v) is 4.07. The molecule has 0 N–H and O–H groups in total. The van der Waals surface area contributed by atoms with Crippen molar-refractivity contribution in [1.82, 2.24) is 0 Å². The van der Waals surface area contributed by atoms with Crippen LogP contribution in [0.4, 0.5) is 0 Å². The van der Waals surface area contributed by atoms with Crippen LogP contribution in [0.25, 0.3) is 0 Å². The zero-order valence-electron chi connectivity index (χ0n) is 11.2. The van der Waals surface area contributed by atoms with Crippen LogP contribution >= 0.6 is 0 Å². The lowest BCUT2D eigenvalue weighted by Gasteiger charge is -2.11. The number of carbonyl (C=O) groups excluding carboxylic acids is 1. The van der Waals surface area contributed by atoms with Crippen LogP contribution in [-0.4, -0.2) is 20.0 Å². The molecule has 0 amide bonds. The van der Waals surface area contributed by atoms with Gasteiger partial charge in [-0.2, -0.15) is 5.26 Å². The fourth-order valence-electron chi connectivity index (χ4n) is 1.93. The van der Waals surface area contributed by atoms with Gasteiger partial charge in [0.05, 0.1) is 19.8 Å². The molecule has 2 aromatic carbocycles. The van der Waals surface area contributed by atoms with Gasteiger partial charge in [0.2, 0.25) is 0 Å². The Balaban J connectivity index is 2.54. The zero-order chi connectivity index (χ0) is 14.5. The average molecular weight is 267 g/mol. The van der Waals surface area contributed by atoms with E-state index in [2.05, 4.69) is 0 Å². The highest BCUT2D eigenvalue weighted by molar-refractivity contribution is 6.09. The predicted octanol–water partition coefficient (Wildman–Crippen LogP) is 2.81. The van der Waals surface area contributed by atoms with Crippen LogP contribution in [0.2, 0.25) is 0 Å². The third-order valence-electron chi connectivity index (χ3n) is 2.90. The number of rotatable bonds is 4. The molecule has 0 spiro atoms. The first-order valence-corrected chi connectivity index (χ1v) is 5.97. The molecule has 4 nitrogen and oxygen atoms in total. The largest absolute Gasteiger partial charge is 0.493 e. The SMILES string of the molecule is COc1cc(C(=O)c2ccccc2)cc(C#N)c1OC. The maximum absolute atomic E-state index is 12.4. The van der Waals surface area contributed by atoms with Crippen molar-refractivity contribution in [3.63, 3.8) is 0 Å². The summed E-state index contributed by atoms with van der Waals surface area (Å²) in [5, 5.41) is 9.15. The van der Waals surface area contributed by atoms with Crippen LogP contribution in [-0.2, 0) is 0 Å². The van der Waals surface area contributed by atoms with Gasteiger partial charge in [0.15, 0.2) is 17.3 Å². The molecular weight excluding hydrogens is 254 g/mol. The Morgan fingerprint density at radius 3 is 2.30 bits per heavy atom. The van der Waals surface area contributed by atoms with E-state index in [9.17, 15) is 4.79 Å². The Morgan fingerprint density at radius 1 is 1.05 bits per heavy atom. The van der Waals surface area contributed by atoms with E-state index < -0.39 is 0 Å². The van der Waals surface area contributed by atoms with Crippen LogP contribution in [0.15, 0.2) is 42.5 Å². The van der Waals surface area contributed by atoms with Gasteiger partial charge in [-0.3, -0.25) is 4.79 Å². The number of carbonyl (C=O) groups is 1. The highest BCUT2D eigenvalue weighted by atomic mass is 16.5. The van der Waals surface area contributed by atoms with Crippen molar-refractivity contribution in [3.8, 4) is 17.6 Å². The van der Waals surface area contributed by atoms with E-state index >= 15 is 0 Å². The highest BCUT2D eigenvalue weighted by Crippen LogP contribution is 2.32. The zero-order valence-corrected chi connectivity index (χ0v) is 11.2. The summed E-state index contributed by atoms with van der Waals surface area (Å²) in [6.45, 7) is 0. The molecule has 100 valence electrons. The first-order chi connectivity index (χ1) is 9.71. The molecule has 0 atom stereocenters. The maximum atomic E-state index is 12.4. The molecule has 0 aliphatic rings. The van der Waals surface area contributed by atoms with Crippen molar-refractivity contribution in [3.05, 3.63) is 59.2 Å². The van der Waals surface area contributed by atoms with Gasteiger partial charge < -0.3 is 9.47 Å². The quantitative estimate of drug-likeness (QED) is 0.799. The van der Waals surface area contributed by atoms with Crippen molar-refractivity contribution in [2.24, 2.45) is 0 Å². The molecule has 0 aliphatic carbocycles. The molecule has 0 saturated heterocycles. The number of ether oxygens (including phenoxy) is 2. The van der Waals surface area contributed by atoms with Crippen molar-refractivity contribution < 1.29 is 14.3 Å². The molecule has 0 fully saturated rings. The van der Waals surface area contributed by atoms with Crippen molar-refractivity contribution in [2.75, 3.05) is 14.2 Å². The van der Waals surface area contributed by atoms with Crippen LogP contribution in [0, 0.1) is 11.3 Å².